The van der Waals surface area contributed by atoms with Crippen molar-refractivity contribution in [2.75, 3.05) is 31.1 Å². The number of nitrogens with one attached hydrogen (secondary N) is 1. The fourth-order valence-corrected chi connectivity index (χ4v) is 4.28. The summed E-state index contributed by atoms with van der Waals surface area (Å²) < 4.78 is 1.63. The summed E-state index contributed by atoms with van der Waals surface area (Å²) in [6.45, 7) is 10.3. The Morgan fingerprint density at radius 1 is 1.12 bits per heavy atom. The highest BCUT2D eigenvalue weighted by molar-refractivity contribution is 5.76. The fraction of sp³-hybridized carbons (Fsp3) is 0.556. The summed E-state index contributed by atoms with van der Waals surface area (Å²) in [6, 6.07) is 6.43. The summed E-state index contributed by atoms with van der Waals surface area (Å²) >= 11 is 0. The molecule has 1 saturated heterocycles. The first-order chi connectivity index (χ1) is 12.5. The maximum atomic E-state index is 12.0. The Labute approximate surface area is 153 Å². The molecule has 2 aromatic rings. The second kappa shape index (κ2) is 6.68. The number of aryl methyl sites for hydroxylation is 2. The molecule has 4 rings (SSSR count). The van der Waals surface area contributed by atoms with Crippen molar-refractivity contribution in [3.63, 3.8) is 0 Å². The Bertz CT molecular complexity index is 789. The minimum atomic E-state index is -0.0391. The topological polar surface area (TPSA) is 79.2 Å². The number of amides is 1. The van der Waals surface area contributed by atoms with Gasteiger partial charge in [-0.3, -0.25) is 9.69 Å². The van der Waals surface area contributed by atoms with Crippen molar-refractivity contribution >= 4 is 11.6 Å². The molecular weight excluding hydrogens is 330 g/mol. The molecule has 0 aliphatic carbocycles. The molecule has 1 aromatic heterocycles. The molecule has 3 heterocycles. The minimum Gasteiger partial charge on any atom is -0.369 e. The van der Waals surface area contributed by atoms with Crippen LogP contribution in [-0.4, -0.2) is 63.2 Å². The number of aromatic nitrogens is 4. The van der Waals surface area contributed by atoms with E-state index in [1.807, 2.05) is 6.92 Å². The van der Waals surface area contributed by atoms with Gasteiger partial charge >= 0.3 is 0 Å². The van der Waals surface area contributed by atoms with E-state index in [0.29, 0.717) is 0 Å². The number of nitrogens with zero attached hydrogens (tertiary/aromatic N) is 6. The van der Waals surface area contributed by atoms with E-state index in [-0.39, 0.29) is 24.5 Å². The first kappa shape index (κ1) is 17.0. The molecular formula is C18H25N7O. The third kappa shape index (κ3) is 2.94. The van der Waals surface area contributed by atoms with E-state index < -0.39 is 0 Å². The van der Waals surface area contributed by atoms with E-state index in [4.69, 9.17) is 0 Å². The van der Waals surface area contributed by atoms with Gasteiger partial charge in [0.25, 0.3) is 0 Å². The van der Waals surface area contributed by atoms with Gasteiger partial charge in [-0.25, -0.2) is 4.68 Å². The van der Waals surface area contributed by atoms with Crippen LogP contribution in [0.2, 0.25) is 0 Å². The average Bonchev–Trinajstić information content (AvgIpc) is 2.99. The Kier molecular flexibility index (Phi) is 4.36. The monoisotopic (exact) mass is 355 g/mol. The Balaban J connectivity index is 1.54. The van der Waals surface area contributed by atoms with Crippen LogP contribution in [0.25, 0.3) is 0 Å². The highest BCUT2D eigenvalue weighted by Crippen LogP contribution is 2.29. The molecule has 1 unspecified atom stereocenters. The fourth-order valence-electron chi connectivity index (χ4n) is 4.28. The number of carbonyl (C=O) groups is 1. The van der Waals surface area contributed by atoms with E-state index in [2.05, 4.69) is 62.7 Å². The van der Waals surface area contributed by atoms with Gasteiger partial charge in [-0.1, -0.05) is 18.2 Å². The van der Waals surface area contributed by atoms with Gasteiger partial charge < -0.3 is 10.2 Å². The highest BCUT2D eigenvalue weighted by atomic mass is 16.2. The zero-order chi connectivity index (χ0) is 18.3. The number of rotatable bonds is 2. The van der Waals surface area contributed by atoms with Crippen LogP contribution in [0.4, 0.5) is 5.69 Å². The van der Waals surface area contributed by atoms with Crippen molar-refractivity contribution in [2.45, 2.75) is 39.4 Å². The lowest BCUT2D eigenvalue weighted by atomic mass is 10.0. The van der Waals surface area contributed by atoms with Gasteiger partial charge in [-0.05, 0) is 42.3 Å². The predicted molar refractivity (Wildman–Crippen MR) is 97.9 cm³/mol. The number of para-hydroxylation sites is 1. The van der Waals surface area contributed by atoms with Gasteiger partial charge in [0.15, 0.2) is 5.82 Å². The summed E-state index contributed by atoms with van der Waals surface area (Å²) in [4.78, 5) is 16.9. The van der Waals surface area contributed by atoms with Gasteiger partial charge in [0.1, 0.15) is 6.54 Å². The van der Waals surface area contributed by atoms with Gasteiger partial charge in [0, 0.05) is 37.9 Å². The van der Waals surface area contributed by atoms with Gasteiger partial charge in [-0.2, -0.15) is 0 Å². The van der Waals surface area contributed by atoms with Crippen LogP contribution >= 0.6 is 0 Å². The van der Waals surface area contributed by atoms with E-state index in [1.165, 1.54) is 16.8 Å². The molecule has 8 heteroatoms. The predicted octanol–water partition coefficient (Wildman–Crippen LogP) is 0.672. The number of anilines is 1. The lowest BCUT2D eigenvalue weighted by Crippen LogP contribution is -2.52. The SMILES string of the molecule is Cc1cccc(C)c1N1CCN(C2c3nnnn3CC(=O)N[C@H]2C)CC1. The summed E-state index contributed by atoms with van der Waals surface area (Å²) in [5.41, 5.74) is 3.98. The quantitative estimate of drug-likeness (QED) is 0.853. The number of hydrogen-bond donors (Lipinski definition) is 1. The number of benzene rings is 1. The zero-order valence-corrected chi connectivity index (χ0v) is 15.5. The van der Waals surface area contributed by atoms with Crippen LogP contribution in [0.5, 0.6) is 0 Å². The smallest absolute Gasteiger partial charge is 0.242 e. The Morgan fingerprint density at radius 2 is 1.81 bits per heavy atom. The van der Waals surface area contributed by atoms with E-state index in [1.54, 1.807) is 4.68 Å². The standard InChI is InChI=1S/C18H25N7O/c1-12-5-4-6-13(2)16(12)23-7-9-24(10-8-23)17-14(3)19-15(26)11-25-18(17)20-21-22-25/h4-6,14,17H,7-11H2,1-3H3,(H,19,26)/t14-,17?/m0/s1. The first-order valence-corrected chi connectivity index (χ1v) is 9.15. The summed E-state index contributed by atoms with van der Waals surface area (Å²) in [5.74, 6) is 0.735. The van der Waals surface area contributed by atoms with Crippen molar-refractivity contribution in [2.24, 2.45) is 0 Å². The maximum absolute atomic E-state index is 12.0. The molecule has 1 amide bonds. The first-order valence-electron chi connectivity index (χ1n) is 9.15. The molecule has 2 aliphatic rings. The van der Waals surface area contributed by atoms with Crippen molar-refractivity contribution in [1.82, 2.24) is 30.4 Å². The third-order valence-corrected chi connectivity index (χ3v) is 5.44. The van der Waals surface area contributed by atoms with Crippen molar-refractivity contribution < 1.29 is 4.79 Å². The second-order valence-electron chi connectivity index (χ2n) is 7.26. The van der Waals surface area contributed by atoms with Crippen molar-refractivity contribution in [1.29, 1.82) is 0 Å². The number of fused-ring (bicyclic) bond motifs is 1. The Hall–Kier alpha value is -2.48. The van der Waals surface area contributed by atoms with Gasteiger partial charge in [0.05, 0.1) is 6.04 Å². The second-order valence-corrected chi connectivity index (χ2v) is 7.26. The molecule has 1 N–H and O–H groups in total. The normalized spacial score (nSPS) is 24.1. The molecule has 8 nitrogen and oxygen atoms in total. The minimum absolute atomic E-state index is 0.00318. The number of tetrazole rings is 1. The average molecular weight is 355 g/mol. The molecule has 0 spiro atoms. The molecule has 138 valence electrons. The van der Waals surface area contributed by atoms with Crippen LogP contribution in [0, 0.1) is 13.8 Å². The maximum Gasteiger partial charge on any atom is 0.242 e. The summed E-state index contributed by atoms with van der Waals surface area (Å²) in [5, 5.41) is 15.1. The molecule has 1 aromatic carbocycles. The molecule has 2 aliphatic heterocycles. The van der Waals surface area contributed by atoms with Crippen LogP contribution < -0.4 is 10.2 Å². The Morgan fingerprint density at radius 3 is 2.50 bits per heavy atom. The van der Waals surface area contributed by atoms with E-state index in [9.17, 15) is 4.79 Å². The molecule has 2 atom stereocenters. The van der Waals surface area contributed by atoms with E-state index in [0.717, 1.165) is 32.0 Å². The van der Waals surface area contributed by atoms with E-state index >= 15 is 0 Å². The lowest BCUT2D eigenvalue weighted by molar-refractivity contribution is -0.122. The zero-order valence-electron chi connectivity index (χ0n) is 15.5. The summed E-state index contributed by atoms with van der Waals surface area (Å²) in [7, 11) is 0. The number of carbonyl (C=O) groups excluding carboxylic acids is 1. The third-order valence-electron chi connectivity index (χ3n) is 5.44. The van der Waals surface area contributed by atoms with Crippen molar-refractivity contribution in [3.8, 4) is 0 Å². The van der Waals surface area contributed by atoms with Crippen LogP contribution in [0.15, 0.2) is 18.2 Å². The van der Waals surface area contributed by atoms with Crippen LogP contribution in [0.1, 0.15) is 29.9 Å². The largest absolute Gasteiger partial charge is 0.369 e. The van der Waals surface area contributed by atoms with Crippen molar-refractivity contribution in [3.05, 3.63) is 35.2 Å². The molecule has 26 heavy (non-hydrogen) atoms. The number of piperazine rings is 1. The van der Waals surface area contributed by atoms with Gasteiger partial charge in [0.2, 0.25) is 5.91 Å². The van der Waals surface area contributed by atoms with Crippen LogP contribution in [0.3, 0.4) is 0 Å². The lowest BCUT2D eigenvalue weighted by Gasteiger charge is -2.41. The van der Waals surface area contributed by atoms with Gasteiger partial charge in [-0.15, -0.1) is 5.10 Å². The molecule has 0 saturated carbocycles. The molecule has 0 radical (unpaired) electrons. The summed E-state index contributed by atoms with van der Waals surface area (Å²) in [6.07, 6.45) is 0. The number of hydrogen-bond acceptors (Lipinski definition) is 6. The van der Waals surface area contributed by atoms with Crippen LogP contribution in [-0.2, 0) is 11.3 Å². The molecule has 0 bridgehead atoms. The molecule has 1 fully saturated rings. The highest BCUT2D eigenvalue weighted by Gasteiger charge is 2.36.